The topological polar surface area (TPSA) is 35.5 Å². The normalized spacial score (nSPS) is 25.8. The molecule has 1 rings (SSSR count). The Morgan fingerprint density at radius 2 is 1.26 bits per heavy atom. The summed E-state index contributed by atoms with van der Waals surface area (Å²) < 4.78 is 0. The van der Waals surface area contributed by atoms with E-state index in [-0.39, 0.29) is 0 Å². The highest BCUT2D eigenvalue weighted by atomic mass is 16.5. The van der Waals surface area contributed by atoms with Crippen molar-refractivity contribution in [1.82, 2.24) is 10.4 Å². The summed E-state index contributed by atoms with van der Waals surface area (Å²) in [6.45, 7) is 7.91. The SMILES string of the molecule is CCCCCNC1CC(CCCCC)N(O)C(CCCCC)C1. The average molecular weight is 327 g/mol. The van der Waals surface area contributed by atoms with Crippen molar-refractivity contribution >= 4 is 0 Å². The van der Waals surface area contributed by atoms with E-state index in [4.69, 9.17) is 0 Å². The van der Waals surface area contributed by atoms with E-state index >= 15 is 0 Å². The Balaban J connectivity index is 2.47. The van der Waals surface area contributed by atoms with E-state index in [1.54, 1.807) is 5.06 Å². The van der Waals surface area contributed by atoms with Crippen molar-refractivity contribution in [2.75, 3.05) is 6.54 Å². The van der Waals surface area contributed by atoms with Gasteiger partial charge in [-0.3, -0.25) is 0 Å². The van der Waals surface area contributed by atoms with Crippen LogP contribution >= 0.6 is 0 Å². The molecule has 2 unspecified atom stereocenters. The van der Waals surface area contributed by atoms with Crippen molar-refractivity contribution in [2.45, 2.75) is 122 Å². The highest BCUT2D eigenvalue weighted by Gasteiger charge is 2.33. The molecule has 0 aliphatic carbocycles. The van der Waals surface area contributed by atoms with Gasteiger partial charge in [-0.25, -0.2) is 0 Å². The minimum Gasteiger partial charge on any atom is -0.314 e. The maximum Gasteiger partial charge on any atom is 0.0368 e. The van der Waals surface area contributed by atoms with Gasteiger partial charge in [-0.15, -0.1) is 0 Å². The summed E-state index contributed by atoms with van der Waals surface area (Å²) in [7, 11) is 0. The summed E-state index contributed by atoms with van der Waals surface area (Å²) >= 11 is 0. The molecule has 3 nitrogen and oxygen atoms in total. The number of piperidine rings is 1. The fourth-order valence-corrected chi connectivity index (χ4v) is 3.88. The lowest BCUT2D eigenvalue weighted by molar-refractivity contribution is -0.185. The fourth-order valence-electron chi connectivity index (χ4n) is 3.88. The number of nitrogens with one attached hydrogen (secondary N) is 1. The highest BCUT2D eigenvalue weighted by Crippen LogP contribution is 2.28. The standard InChI is InChI=1S/C20H42N2O/c1-4-7-10-13-19-16-18(21-15-12-9-6-3)17-20(22(19)23)14-11-8-5-2/h18-21,23H,4-17H2,1-3H3. The summed E-state index contributed by atoms with van der Waals surface area (Å²) in [5, 5.41) is 16.2. The van der Waals surface area contributed by atoms with E-state index in [0.717, 1.165) is 32.2 Å². The Morgan fingerprint density at radius 1 is 0.783 bits per heavy atom. The molecule has 1 heterocycles. The fraction of sp³-hybridized carbons (Fsp3) is 1.00. The van der Waals surface area contributed by atoms with Crippen LogP contribution < -0.4 is 5.32 Å². The molecule has 3 heteroatoms. The van der Waals surface area contributed by atoms with Crippen LogP contribution in [0.15, 0.2) is 0 Å². The van der Waals surface area contributed by atoms with Gasteiger partial charge < -0.3 is 10.5 Å². The van der Waals surface area contributed by atoms with E-state index in [0.29, 0.717) is 18.1 Å². The van der Waals surface area contributed by atoms with Crippen molar-refractivity contribution in [3.63, 3.8) is 0 Å². The molecule has 0 bridgehead atoms. The molecule has 23 heavy (non-hydrogen) atoms. The van der Waals surface area contributed by atoms with Gasteiger partial charge in [0.25, 0.3) is 0 Å². The number of nitrogens with zero attached hydrogens (tertiary/aromatic N) is 1. The van der Waals surface area contributed by atoms with Crippen LogP contribution in [0.1, 0.15) is 104 Å². The van der Waals surface area contributed by atoms with Gasteiger partial charge in [-0.2, -0.15) is 5.06 Å². The summed E-state index contributed by atoms with van der Waals surface area (Å²) in [6.07, 6.45) is 16.1. The van der Waals surface area contributed by atoms with Crippen LogP contribution in [0.5, 0.6) is 0 Å². The molecular formula is C20H42N2O. The summed E-state index contributed by atoms with van der Waals surface area (Å²) in [4.78, 5) is 0. The van der Waals surface area contributed by atoms with Gasteiger partial charge in [0.05, 0.1) is 0 Å². The predicted octanol–water partition coefficient (Wildman–Crippen LogP) is 5.52. The third-order valence-corrected chi connectivity index (χ3v) is 5.36. The third kappa shape index (κ3) is 8.51. The molecule has 1 aliphatic rings. The predicted molar refractivity (Wildman–Crippen MR) is 100 cm³/mol. The van der Waals surface area contributed by atoms with Crippen LogP contribution in [-0.2, 0) is 0 Å². The molecule has 0 amide bonds. The minimum atomic E-state index is 0.366. The maximum absolute atomic E-state index is 10.7. The lowest BCUT2D eigenvalue weighted by atomic mass is 9.88. The molecule has 0 radical (unpaired) electrons. The van der Waals surface area contributed by atoms with E-state index in [1.807, 2.05) is 0 Å². The van der Waals surface area contributed by atoms with Crippen LogP contribution in [0.2, 0.25) is 0 Å². The minimum absolute atomic E-state index is 0.366. The Labute approximate surface area is 145 Å². The zero-order valence-corrected chi connectivity index (χ0v) is 16.0. The van der Waals surface area contributed by atoms with Crippen LogP contribution in [-0.4, -0.2) is 34.9 Å². The number of unbranched alkanes of at least 4 members (excludes halogenated alkanes) is 6. The zero-order chi connectivity index (χ0) is 16.9. The number of hydrogen-bond donors (Lipinski definition) is 2. The van der Waals surface area contributed by atoms with Gasteiger partial charge in [0.2, 0.25) is 0 Å². The molecule has 1 aliphatic heterocycles. The first-order valence-electron chi connectivity index (χ1n) is 10.4. The van der Waals surface area contributed by atoms with Gasteiger partial charge in [-0.05, 0) is 38.6 Å². The van der Waals surface area contributed by atoms with E-state index < -0.39 is 0 Å². The number of hydrogen-bond acceptors (Lipinski definition) is 3. The Bertz CT molecular complexity index is 252. The molecule has 1 saturated heterocycles. The lowest BCUT2D eigenvalue weighted by Gasteiger charge is -2.42. The van der Waals surface area contributed by atoms with Crippen molar-refractivity contribution in [3.8, 4) is 0 Å². The second-order valence-corrected chi connectivity index (χ2v) is 7.51. The largest absolute Gasteiger partial charge is 0.314 e. The second-order valence-electron chi connectivity index (χ2n) is 7.51. The first kappa shape index (κ1) is 20.9. The third-order valence-electron chi connectivity index (χ3n) is 5.36. The Hall–Kier alpha value is -0.120. The molecule has 0 aromatic heterocycles. The van der Waals surface area contributed by atoms with Crippen LogP contribution in [0, 0.1) is 0 Å². The van der Waals surface area contributed by atoms with Crippen LogP contribution in [0.3, 0.4) is 0 Å². The Kier molecular flexibility index (Phi) is 12.0. The lowest BCUT2D eigenvalue weighted by Crippen LogP contribution is -2.52. The monoisotopic (exact) mass is 326 g/mol. The molecule has 0 saturated carbocycles. The molecule has 138 valence electrons. The summed E-state index contributed by atoms with van der Waals surface area (Å²) in [6, 6.07) is 1.34. The first-order valence-corrected chi connectivity index (χ1v) is 10.4. The second kappa shape index (κ2) is 13.2. The summed E-state index contributed by atoms with van der Waals surface area (Å²) in [5.74, 6) is 0. The average Bonchev–Trinajstić information content (AvgIpc) is 2.55. The van der Waals surface area contributed by atoms with E-state index in [2.05, 4.69) is 26.1 Å². The number of hydroxylamine groups is 2. The van der Waals surface area contributed by atoms with Gasteiger partial charge in [0, 0.05) is 18.1 Å². The van der Waals surface area contributed by atoms with Gasteiger partial charge in [-0.1, -0.05) is 72.1 Å². The van der Waals surface area contributed by atoms with Gasteiger partial charge in [0.15, 0.2) is 0 Å². The van der Waals surface area contributed by atoms with E-state index in [9.17, 15) is 5.21 Å². The molecular weight excluding hydrogens is 284 g/mol. The van der Waals surface area contributed by atoms with Gasteiger partial charge >= 0.3 is 0 Å². The highest BCUT2D eigenvalue weighted by molar-refractivity contribution is 4.88. The molecule has 2 atom stereocenters. The molecule has 0 aromatic rings. The van der Waals surface area contributed by atoms with Crippen molar-refractivity contribution in [2.24, 2.45) is 0 Å². The zero-order valence-electron chi connectivity index (χ0n) is 16.0. The molecule has 0 spiro atoms. The molecule has 1 fully saturated rings. The Morgan fingerprint density at radius 3 is 1.74 bits per heavy atom. The smallest absolute Gasteiger partial charge is 0.0368 e. The number of rotatable bonds is 13. The van der Waals surface area contributed by atoms with Crippen molar-refractivity contribution in [1.29, 1.82) is 0 Å². The first-order chi connectivity index (χ1) is 11.2. The quantitative estimate of drug-likeness (QED) is 0.438. The van der Waals surface area contributed by atoms with Crippen LogP contribution in [0.4, 0.5) is 0 Å². The van der Waals surface area contributed by atoms with Gasteiger partial charge in [0.1, 0.15) is 0 Å². The molecule has 2 N–H and O–H groups in total. The van der Waals surface area contributed by atoms with Crippen molar-refractivity contribution in [3.05, 3.63) is 0 Å². The maximum atomic E-state index is 10.7. The van der Waals surface area contributed by atoms with Crippen LogP contribution in [0.25, 0.3) is 0 Å². The van der Waals surface area contributed by atoms with Crippen molar-refractivity contribution < 1.29 is 5.21 Å². The molecule has 0 aromatic carbocycles. The summed E-state index contributed by atoms with van der Waals surface area (Å²) in [5.41, 5.74) is 0. The van der Waals surface area contributed by atoms with E-state index in [1.165, 1.54) is 57.8 Å².